The number of carbonyl (C=O) groups excluding carboxylic acids is 3. The molecule has 1 atom stereocenters. The molecule has 110 valence electrons. The summed E-state index contributed by atoms with van der Waals surface area (Å²) in [4.78, 5) is 33.3. The zero-order chi connectivity index (χ0) is 15.4. The minimum atomic E-state index is -0.563. The van der Waals surface area contributed by atoms with Crippen LogP contribution in [0.4, 0.5) is 0 Å². The fourth-order valence-electron chi connectivity index (χ4n) is 1.95. The Balaban J connectivity index is 2.11. The summed E-state index contributed by atoms with van der Waals surface area (Å²) in [5.41, 5.74) is 0.719. The van der Waals surface area contributed by atoms with E-state index in [0.717, 1.165) is 11.6 Å². The maximum Gasteiger partial charge on any atom is 0.334 e. The SMILES string of the molecule is CC(=O)OC1=CC(=O)OC(c2ccc(OC(C)=O)cc2)C1. The van der Waals surface area contributed by atoms with Gasteiger partial charge in [0.1, 0.15) is 17.6 Å². The van der Waals surface area contributed by atoms with Crippen molar-refractivity contribution in [1.82, 2.24) is 0 Å². The minimum Gasteiger partial charge on any atom is -0.454 e. The van der Waals surface area contributed by atoms with Gasteiger partial charge >= 0.3 is 17.9 Å². The fraction of sp³-hybridized carbons (Fsp3) is 0.267. The summed E-state index contributed by atoms with van der Waals surface area (Å²) in [6, 6.07) is 6.59. The molecule has 6 nitrogen and oxygen atoms in total. The van der Waals surface area contributed by atoms with Gasteiger partial charge in [-0.3, -0.25) is 9.59 Å². The molecule has 2 rings (SSSR count). The van der Waals surface area contributed by atoms with E-state index in [9.17, 15) is 14.4 Å². The summed E-state index contributed by atoms with van der Waals surface area (Å²) < 4.78 is 15.1. The van der Waals surface area contributed by atoms with Gasteiger partial charge in [0, 0.05) is 20.3 Å². The predicted molar refractivity (Wildman–Crippen MR) is 71.1 cm³/mol. The molecule has 21 heavy (non-hydrogen) atoms. The number of benzene rings is 1. The number of esters is 3. The Bertz CT molecular complexity index is 599. The fourth-order valence-corrected chi connectivity index (χ4v) is 1.95. The van der Waals surface area contributed by atoms with Gasteiger partial charge in [-0.15, -0.1) is 0 Å². The quantitative estimate of drug-likeness (QED) is 0.626. The van der Waals surface area contributed by atoms with Crippen LogP contribution in [0, 0.1) is 0 Å². The van der Waals surface area contributed by atoms with Crippen LogP contribution >= 0.6 is 0 Å². The van der Waals surface area contributed by atoms with Crippen LogP contribution in [0.25, 0.3) is 0 Å². The van der Waals surface area contributed by atoms with Gasteiger partial charge in [-0.25, -0.2) is 4.79 Å². The highest BCUT2D eigenvalue weighted by atomic mass is 16.6. The van der Waals surface area contributed by atoms with E-state index in [1.807, 2.05) is 0 Å². The molecule has 0 fully saturated rings. The van der Waals surface area contributed by atoms with Crippen LogP contribution < -0.4 is 4.74 Å². The summed E-state index contributed by atoms with van der Waals surface area (Å²) in [7, 11) is 0. The molecule has 1 aromatic rings. The number of hydrogen-bond donors (Lipinski definition) is 0. The van der Waals surface area contributed by atoms with Crippen molar-refractivity contribution in [2.75, 3.05) is 0 Å². The van der Waals surface area contributed by atoms with Crippen LogP contribution in [0.3, 0.4) is 0 Å². The summed E-state index contributed by atoms with van der Waals surface area (Å²) in [5.74, 6) is -0.782. The second-order valence-electron chi connectivity index (χ2n) is 4.50. The molecule has 1 unspecified atom stereocenters. The van der Waals surface area contributed by atoms with E-state index < -0.39 is 24.0 Å². The molecular weight excluding hydrogens is 276 g/mol. The third kappa shape index (κ3) is 4.17. The molecule has 0 saturated heterocycles. The van der Waals surface area contributed by atoms with Crippen molar-refractivity contribution < 1.29 is 28.6 Å². The molecule has 1 heterocycles. The summed E-state index contributed by atoms with van der Waals surface area (Å²) in [6.07, 6.45) is 0.895. The average Bonchev–Trinajstić information content (AvgIpc) is 2.37. The Hall–Kier alpha value is -2.63. The first-order valence-electron chi connectivity index (χ1n) is 6.32. The summed E-state index contributed by atoms with van der Waals surface area (Å²) in [6.45, 7) is 2.58. The van der Waals surface area contributed by atoms with Gasteiger partial charge in [0.15, 0.2) is 0 Å². The molecule has 0 bridgehead atoms. The van der Waals surface area contributed by atoms with E-state index in [4.69, 9.17) is 14.2 Å². The molecule has 0 aliphatic carbocycles. The monoisotopic (exact) mass is 290 g/mol. The van der Waals surface area contributed by atoms with Crippen molar-refractivity contribution >= 4 is 17.9 Å². The van der Waals surface area contributed by atoms with Crippen molar-refractivity contribution in [2.24, 2.45) is 0 Å². The van der Waals surface area contributed by atoms with Gasteiger partial charge in [-0.1, -0.05) is 12.1 Å². The highest BCUT2D eigenvalue weighted by Gasteiger charge is 2.25. The highest BCUT2D eigenvalue weighted by molar-refractivity contribution is 5.84. The van der Waals surface area contributed by atoms with Gasteiger partial charge in [0.05, 0.1) is 6.08 Å². The molecule has 0 N–H and O–H groups in total. The highest BCUT2D eigenvalue weighted by Crippen LogP contribution is 2.30. The number of carbonyl (C=O) groups is 3. The van der Waals surface area contributed by atoms with E-state index in [2.05, 4.69) is 0 Å². The van der Waals surface area contributed by atoms with Crippen LogP contribution in [0.2, 0.25) is 0 Å². The van der Waals surface area contributed by atoms with Crippen molar-refractivity contribution in [2.45, 2.75) is 26.4 Å². The van der Waals surface area contributed by atoms with Crippen molar-refractivity contribution in [1.29, 1.82) is 0 Å². The largest absolute Gasteiger partial charge is 0.454 e. The van der Waals surface area contributed by atoms with Crippen molar-refractivity contribution in [3.63, 3.8) is 0 Å². The minimum absolute atomic E-state index is 0.271. The molecule has 1 aliphatic rings. The predicted octanol–water partition coefficient (Wildman–Crippen LogP) is 2.05. The van der Waals surface area contributed by atoms with Crippen LogP contribution in [-0.2, 0) is 23.9 Å². The smallest absolute Gasteiger partial charge is 0.334 e. The lowest BCUT2D eigenvalue weighted by atomic mass is 10.0. The number of hydrogen-bond acceptors (Lipinski definition) is 6. The molecule has 0 amide bonds. The lowest BCUT2D eigenvalue weighted by Crippen LogP contribution is -2.18. The molecule has 0 aromatic heterocycles. The number of ether oxygens (including phenoxy) is 3. The Kier molecular flexibility index (Phi) is 4.37. The second kappa shape index (κ2) is 6.21. The van der Waals surface area contributed by atoms with Crippen molar-refractivity contribution in [3.05, 3.63) is 41.7 Å². The Morgan fingerprint density at radius 2 is 1.71 bits per heavy atom. The van der Waals surface area contributed by atoms with Gasteiger partial charge in [0.25, 0.3) is 0 Å². The van der Waals surface area contributed by atoms with E-state index in [-0.39, 0.29) is 12.2 Å². The van der Waals surface area contributed by atoms with E-state index in [1.165, 1.54) is 13.8 Å². The molecule has 0 spiro atoms. The van der Waals surface area contributed by atoms with Crippen LogP contribution in [0.15, 0.2) is 36.1 Å². The van der Waals surface area contributed by atoms with Gasteiger partial charge in [-0.2, -0.15) is 0 Å². The summed E-state index contributed by atoms with van der Waals surface area (Å²) >= 11 is 0. The van der Waals surface area contributed by atoms with Gasteiger partial charge in [-0.05, 0) is 17.7 Å². The maximum absolute atomic E-state index is 11.5. The molecule has 1 aromatic carbocycles. The zero-order valence-corrected chi connectivity index (χ0v) is 11.6. The van der Waals surface area contributed by atoms with E-state index in [1.54, 1.807) is 24.3 Å². The van der Waals surface area contributed by atoms with Crippen LogP contribution in [0.5, 0.6) is 5.75 Å². The first kappa shape index (κ1) is 14.8. The average molecular weight is 290 g/mol. The molecule has 0 saturated carbocycles. The molecule has 0 radical (unpaired) electrons. The maximum atomic E-state index is 11.5. The first-order valence-corrected chi connectivity index (χ1v) is 6.32. The molecular formula is C15H14O6. The normalized spacial score (nSPS) is 17.5. The molecule has 1 aliphatic heterocycles. The second-order valence-corrected chi connectivity index (χ2v) is 4.50. The van der Waals surface area contributed by atoms with E-state index >= 15 is 0 Å². The topological polar surface area (TPSA) is 78.9 Å². The van der Waals surface area contributed by atoms with Gasteiger partial charge in [0.2, 0.25) is 0 Å². The lowest BCUT2D eigenvalue weighted by Gasteiger charge is -2.22. The third-order valence-corrected chi connectivity index (χ3v) is 2.71. The Morgan fingerprint density at radius 1 is 1.10 bits per heavy atom. The Labute approximate surface area is 121 Å². The van der Waals surface area contributed by atoms with Crippen LogP contribution in [0.1, 0.15) is 31.9 Å². The summed E-state index contributed by atoms with van der Waals surface area (Å²) in [5, 5.41) is 0. The number of rotatable bonds is 3. The van der Waals surface area contributed by atoms with Crippen molar-refractivity contribution in [3.8, 4) is 5.75 Å². The van der Waals surface area contributed by atoms with Crippen LogP contribution in [-0.4, -0.2) is 17.9 Å². The zero-order valence-electron chi connectivity index (χ0n) is 11.6. The Morgan fingerprint density at radius 3 is 2.29 bits per heavy atom. The van der Waals surface area contributed by atoms with E-state index in [0.29, 0.717) is 5.75 Å². The third-order valence-electron chi connectivity index (χ3n) is 2.71. The standard InChI is InChI=1S/C15H14O6/c1-9(16)19-12-5-3-11(4-6-12)14-7-13(20-10(2)17)8-15(18)21-14/h3-6,8,14H,7H2,1-2H3. The number of cyclic esters (lactones) is 1. The van der Waals surface area contributed by atoms with Gasteiger partial charge < -0.3 is 14.2 Å². The first-order chi connectivity index (χ1) is 9.94. The molecule has 6 heteroatoms. The lowest BCUT2D eigenvalue weighted by molar-refractivity contribution is -0.147.